The summed E-state index contributed by atoms with van der Waals surface area (Å²) in [7, 11) is 1.67. The maximum atomic E-state index is 13.0. The van der Waals surface area contributed by atoms with Crippen LogP contribution in [0.1, 0.15) is 17.3 Å². The third kappa shape index (κ3) is 2.72. The molecule has 0 fully saturated rings. The minimum Gasteiger partial charge on any atom is -0.497 e. The van der Waals surface area contributed by atoms with Crippen molar-refractivity contribution in [3.05, 3.63) is 84.6 Å². The van der Waals surface area contributed by atoms with Gasteiger partial charge in [-0.1, -0.05) is 54.6 Å². The third-order valence-corrected chi connectivity index (χ3v) is 5.50. The number of methoxy groups -OCH3 is 1. The first-order valence-corrected chi connectivity index (χ1v) is 9.99. The highest BCUT2D eigenvalue weighted by atomic mass is 16.5. The maximum absolute atomic E-state index is 13.0. The Bertz CT molecular complexity index is 1410. The van der Waals surface area contributed by atoms with Gasteiger partial charge in [0.1, 0.15) is 5.75 Å². The molecule has 0 aliphatic heterocycles. The van der Waals surface area contributed by atoms with Crippen molar-refractivity contribution in [3.63, 3.8) is 0 Å². The number of hydrogen-bond donors (Lipinski definition) is 0. The first-order valence-electron chi connectivity index (χ1n) is 9.99. The van der Waals surface area contributed by atoms with Crippen molar-refractivity contribution in [1.82, 2.24) is 4.40 Å². The summed E-state index contributed by atoms with van der Waals surface area (Å²) >= 11 is 0. The molecule has 148 valence electrons. The molecule has 0 amide bonds. The van der Waals surface area contributed by atoms with Crippen LogP contribution >= 0.6 is 0 Å². The summed E-state index contributed by atoms with van der Waals surface area (Å²) in [6.45, 7) is 2.17. The number of carbonyl (C=O) groups is 1. The number of hydrogen-bond acceptors (Lipinski definition) is 3. The number of rotatable bonds is 4. The van der Waals surface area contributed by atoms with Crippen molar-refractivity contribution in [1.29, 1.82) is 0 Å². The molecule has 0 radical (unpaired) electrons. The Balaban J connectivity index is 1.96. The lowest BCUT2D eigenvalue weighted by Crippen LogP contribution is -2.05. The van der Waals surface area contributed by atoms with Crippen molar-refractivity contribution >= 4 is 33.2 Å². The summed E-state index contributed by atoms with van der Waals surface area (Å²) in [5.41, 5.74) is 4.60. The van der Waals surface area contributed by atoms with Crippen LogP contribution in [0.3, 0.4) is 0 Å². The summed E-state index contributed by atoms with van der Waals surface area (Å²) in [5, 5.41) is 2.98. The van der Waals surface area contributed by atoms with E-state index in [-0.39, 0.29) is 5.97 Å². The zero-order valence-electron chi connectivity index (χ0n) is 16.9. The molecule has 0 saturated carbocycles. The minimum absolute atomic E-state index is 0.296. The van der Waals surface area contributed by atoms with Gasteiger partial charge in [0.15, 0.2) is 0 Å². The molecule has 2 aromatic heterocycles. The fraction of sp³-hybridized carbons (Fsp3) is 0.115. The van der Waals surface area contributed by atoms with Gasteiger partial charge in [-0.05, 0) is 36.1 Å². The van der Waals surface area contributed by atoms with Crippen LogP contribution in [0.5, 0.6) is 5.75 Å². The SMILES string of the molecule is CCOC(=O)c1c2ccccc2n2cc(-c3cccc(OC)c3)c3ccccc3c12. The van der Waals surface area contributed by atoms with Crippen LogP contribution in [0.2, 0.25) is 0 Å². The van der Waals surface area contributed by atoms with Gasteiger partial charge in [0.25, 0.3) is 0 Å². The lowest BCUT2D eigenvalue weighted by atomic mass is 9.98. The monoisotopic (exact) mass is 395 g/mol. The second kappa shape index (κ2) is 7.23. The number of nitrogens with zero attached hydrogens (tertiary/aromatic N) is 1. The van der Waals surface area contributed by atoms with E-state index in [0.29, 0.717) is 12.2 Å². The van der Waals surface area contributed by atoms with E-state index < -0.39 is 0 Å². The highest BCUT2D eigenvalue weighted by molar-refractivity contribution is 6.19. The molecule has 2 heterocycles. The van der Waals surface area contributed by atoms with Crippen molar-refractivity contribution < 1.29 is 14.3 Å². The predicted molar refractivity (Wildman–Crippen MR) is 120 cm³/mol. The Hall–Kier alpha value is -3.79. The molecule has 0 spiro atoms. The highest BCUT2D eigenvalue weighted by Crippen LogP contribution is 2.38. The fourth-order valence-corrected chi connectivity index (χ4v) is 4.22. The molecule has 0 bridgehead atoms. The molecule has 0 N–H and O–H groups in total. The molecule has 5 rings (SSSR count). The Morgan fingerprint density at radius 3 is 2.40 bits per heavy atom. The Morgan fingerprint density at radius 1 is 0.900 bits per heavy atom. The maximum Gasteiger partial charge on any atom is 0.340 e. The average molecular weight is 395 g/mol. The van der Waals surface area contributed by atoms with Gasteiger partial charge in [0.05, 0.1) is 30.3 Å². The van der Waals surface area contributed by atoms with Gasteiger partial charge in [-0.3, -0.25) is 0 Å². The molecule has 0 aliphatic carbocycles. The van der Waals surface area contributed by atoms with E-state index in [2.05, 4.69) is 28.8 Å². The van der Waals surface area contributed by atoms with Crippen molar-refractivity contribution in [2.45, 2.75) is 6.92 Å². The standard InChI is InChI=1S/C26H21NO3/c1-3-30-26(28)24-21-13-6-7-14-23(21)27-16-22(17-9-8-10-18(15-17)29-2)19-11-4-5-12-20(19)25(24)27/h4-16H,3H2,1-2H3. The van der Waals surface area contributed by atoms with Crippen LogP contribution in [0.4, 0.5) is 0 Å². The van der Waals surface area contributed by atoms with Crippen molar-refractivity contribution in [3.8, 4) is 16.9 Å². The molecule has 0 saturated heterocycles. The van der Waals surface area contributed by atoms with Crippen LogP contribution < -0.4 is 4.74 Å². The number of fused-ring (bicyclic) bond motifs is 5. The molecule has 30 heavy (non-hydrogen) atoms. The highest BCUT2D eigenvalue weighted by Gasteiger charge is 2.22. The number of para-hydroxylation sites is 1. The summed E-state index contributed by atoms with van der Waals surface area (Å²) in [5.74, 6) is 0.511. The second-order valence-corrected chi connectivity index (χ2v) is 7.15. The topological polar surface area (TPSA) is 39.9 Å². The van der Waals surface area contributed by atoms with Gasteiger partial charge in [0.2, 0.25) is 0 Å². The summed E-state index contributed by atoms with van der Waals surface area (Å²) in [6, 6.07) is 24.2. The van der Waals surface area contributed by atoms with Crippen molar-refractivity contribution in [2.75, 3.05) is 13.7 Å². The smallest absolute Gasteiger partial charge is 0.340 e. The predicted octanol–water partition coefficient (Wildman–Crippen LogP) is 6.10. The molecule has 3 aromatic carbocycles. The van der Waals surface area contributed by atoms with Gasteiger partial charge < -0.3 is 13.9 Å². The number of pyridine rings is 1. The van der Waals surface area contributed by atoms with E-state index in [4.69, 9.17) is 9.47 Å². The largest absolute Gasteiger partial charge is 0.497 e. The Kier molecular flexibility index (Phi) is 4.40. The van der Waals surface area contributed by atoms with Crippen LogP contribution in [0.25, 0.3) is 38.3 Å². The first-order chi connectivity index (χ1) is 14.7. The normalized spacial score (nSPS) is 11.3. The van der Waals surface area contributed by atoms with Crippen LogP contribution in [-0.2, 0) is 4.74 Å². The van der Waals surface area contributed by atoms with Gasteiger partial charge in [-0.2, -0.15) is 0 Å². The zero-order chi connectivity index (χ0) is 20.7. The van der Waals surface area contributed by atoms with Crippen LogP contribution in [-0.4, -0.2) is 24.1 Å². The molecule has 0 unspecified atom stereocenters. The lowest BCUT2D eigenvalue weighted by molar-refractivity contribution is 0.0531. The average Bonchev–Trinajstić information content (AvgIpc) is 3.13. The summed E-state index contributed by atoms with van der Waals surface area (Å²) < 4.78 is 13.0. The third-order valence-electron chi connectivity index (χ3n) is 5.50. The fourth-order valence-electron chi connectivity index (χ4n) is 4.22. The van der Waals surface area contributed by atoms with E-state index in [0.717, 1.165) is 44.1 Å². The van der Waals surface area contributed by atoms with Crippen LogP contribution in [0.15, 0.2) is 79.0 Å². The van der Waals surface area contributed by atoms with Gasteiger partial charge in [-0.25, -0.2) is 4.79 Å². The summed E-state index contributed by atoms with van der Waals surface area (Å²) in [4.78, 5) is 13.0. The number of aromatic nitrogens is 1. The van der Waals surface area contributed by atoms with Gasteiger partial charge in [0, 0.05) is 22.5 Å². The lowest BCUT2D eigenvalue weighted by Gasteiger charge is -2.12. The Labute approximate surface area is 174 Å². The summed E-state index contributed by atoms with van der Waals surface area (Å²) in [6.07, 6.45) is 2.11. The van der Waals surface area contributed by atoms with E-state index in [1.165, 1.54) is 0 Å². The quantitative estimate of drug-likeness (QED) is 0.345. The first kappa shape index (κ1) is 18.3. The zero-order valence-corrected chi connectivity index (χ0v) is 16.9. The van der Waals surface area contributed by atoms with Gasteiger partial charge in [-0.15, -0.1) is 0 Å². The molecular formula is C26H21NO3. The van der Waals surface area contributed by atoms with E-state index in [1.807, 2.05) is 61.5 Å². The number of carbonyl (C=O) groups excluding carboxylic acids is 1. The number of benzene rings is 3. The van der Waals surface area contributed by atoms with Crippen molar-refractivity contribution in [2.24, 2.45) is 0 Å². The van der Waals surface area contributed by atoms with E-state index in [9.17, 15) is 4.79 Å². The molecule has 4 heteroatoms. The molecule has 0 aliphatic rings. The van der Waals surface area contributed by atoms with E-state index in [1.54, 1.807) is 7.11 Å². The van der Waals surface area contributed by atoms with Gasteiger partial charge >= 0.3 is 5.97 Å². The molecule has 5 aromatic rings. The molecular weight excluding hydrogens is 374 g/mol. The number of ether oxygens (including phenoxy) is 2. The number of esters is 1. The Morgan fingerprint density at radius 2 is 1.63 bits per heavy atom. The molecule has 4 nitrogen and oxygen atoms in total. The van der Waals surface area contributed by atoms with Crippen LogP contribution in [0, 0.1) is 0 Å². The minimum atomic E-state index is -0.296. The van der Waals surface area contributed by atoms with E-state index >= 15 is 0 Å². The molecule has 0 atom stereocenters. The second-order valence-electron chi connectivity index (χ2n) is 7.15.